The molecule has 4 heteroatoms. The first-order valence-electron chi connectivity index (χ1n) is 4.75. The molecule has 16 heavy (non-hydrogen) atoms. The van der Waals surface area contributed by atoms with Gasteiger partial charge in [0, 0.05) is 18.1 Å². The van der Waals surface area contributed by atoms with E-state index in [0.29, 0.717) is 11.3 Å². The first-order valence-corrected chi connectivity index (χ1v) is 4.75. The first kappa shape index (κ1) is 10.2. The number of rotatable bonds is 3. The zero-order chi connectivity index (χ0) is 11.4. The van der Waals surface area contributed by atoms with Crippen LogP contribution in [0, 0.1) is 0 Å². The number of benzene rings is 1. The van der Waals surface area contributed by atoms with E-state index in [-0.39, 0.29) is 5.75 Å². The summed E-state index contributed by atoms with van der Waals surface area (Å²) in [6.07, 6.45) is 3.85. The summed E-state index contributed by atoms with van der Waals surface area (Å²) < 4.78 is 0. The predicted octanol–water partition coefficient (Wildman–Crippen LogP) is 2.34. The molecule has 0 unspecified atom stereocenters. The highest BCUT2D eigenvalue weighted by Gasteiger charge is 2.01. The van der Waals surface area contributed by atoms with Gasteiger partial charge in [0.25, 0.3) is 0 Å². The number of aldehydes is 1. The van der Waals surface area contributed by atoms with E-state index < -0.39 is 0 Å². The van der Waals surface area contributed by atoms with Crippen molar-refractivity contribution in [2.75, 3.05) is 5.32 Å². The number of nitrogens with zero attached hydrogens (tertiary/aromatic N) is 1. The van der Waals surface area contributed by atoms with Crippen molar-refractivity contribution < 1.29 is 9.90 Å². The molecule has 0 radical (unpaired) electrons. The molecule has 2 aromatic rings. The number of phenolic OH excluding ortho intramolecular Hbond substituents is 1. The van der Waals surface area contributed by atoms with E-state index >= 15 is 0 Å². The van der Waals surface area contributed by atoms with E-state index in [9.17, 15) is 4.79 Å². The van der Waals surface area contributed by atoms with Crippen molar-refractivity contribution >= 4 is 17.7 Å². The highest BCUT2D eigenvalue weighted by atomic mass is 16.3. The number of aromatic hydroxyl groups is 1. The van der Waals surface area contributed by atoms with Crippen molar-refractivity contribution in [2.24, 2.45) is 0 Å². The number of aromatic nitrogens is 1. The number of pyridine rings is 1. The topological polar surface area (TPSA) is 62.2 Å². The van der Waals surface area contributed by atoms with Gasteiger partial charge in [0.1, 0.15) is 5.75 Å². The Hall–Kier alpha value is -2.36. The average Bonchev–Trinajstić information content (AvgIpc) is 2.33. The normalized spacial score (nSPS) is 9.75. The van der Waals surface area contributed by atoms with E-state index in [1.54, 1.807) is 36.5 Å². The van der Waals surface area contributed by atoms with Gasteiger partial charge in [-0.1, -0.05) is 0 Å². The Bertz CT molecular complexity index is 495. The Morgan fingerprint density at radius 2 is 1.94 bits per heavy atom. The van der Waals surface area contributed by atoms with Gasteiger partial charge in [0.15, 0.2) is 6.29 Å². The van der Waals surface area contributed by atoms with Crippen LogP contribution in [0.5, 0.6) is 5.75 Å². The van der Waals surface area contributed by atoms with Gasteiger partial charge in [-0.3, -0.25) is 9.78 Å². The van der Waals surface area contributed by atoms with Gasteiger partial charge in [0.05, 0.1) is 11.3 Å². The number of phenols is 1. The van der Waals surface area contributed by atoms with E-state index in [2.05, 4.69) is 10.3 Å². The Morgan fingerprint density at radius 3 is 2.62 bits per heavy atom. The van der Waals surface area contributed by atoms with Crippen LogP contribution in [0.25, 0.3) is 0 Å². The molecule has 0 aliphatic carbocycles. The molecule has 0 spiro atoms. The molecule has 1 aromatic heterocycles. The van der Waals surface area contributed by atoms with E-state index in [0.717, 1.165) is 12.0 Å². The van der Waals surface area contributed by atoms with Gasteiger partial charge in [-0.15, -0.1) is 0 Å². The lowest BCUT2D eigenvalue weighted by molar-refractivity contribution is 0.112. The molecule has 1 heterocycles. The summed E-state index contributed by atoms with van der Waals surface area (Å²) in [7, 11) is 0. The predicted molar refractivity (Wildman–Crippen MR) is 61.0 cm³/mol. The third kappa shape index (κ3) is 2.17. The summed E-state index contributed by atoms with van der Waals surface area (Å²) in [6, 6.07) is 8.32. The van der Waals surface area contributed by atoms with Crippen LogP contribution < -0.4 is 5.32 Å². The number of carbonyl (C=O) groups excluding carboxylic acids is 1. The molecule has 0 saturated heterocycles. The quantitative estimate of drug-likeness (QED) is 0.608. The van der Waals surface area contributed by atoms with Crippen LogP contribution in [0.4, 0.5) is 11.4 Å². The molecule has 0 saturated carbocycles. The van der Waals surface area contributed by atoms with Crippen LogP contribution in [0.15, 0.2) is 42.7 Å². The van der Waals surface area contributed by atoms with Gasteiger partial charge < -0.3 is 10.4 Å². The number of hydrogen-bond acceptors (Lipinski definition) is 4. The van der Waals surface area contributed by atoms with Crippen molar-refractivity contribution in [2.45, 2.75) is 0 Å². The molecule has 0 fully saturated rings. The summed E-state index contributed by atoms with van der Waals surface area (Å²) in [5.74, 6) is 0.205. The Morgan fingerprint density at radius 1 is 1.19 bits per heavy atom. The van der Waals surface area contributed by atoms with E-state index in [4.69, 9.17) is 5.11 Å². The smallest absolute Gasteiger partial charge is 0.153 e. The fourth-order valence-electron chi connectivity index (χ4n) is 1.31. The standard InChI is InChI=1S/C12H10N2O2/c15-8-9-7-13-6-5-12(9)14-10-1-3-11(16)4-2-10/h1-8,16H,(H,13,14). The second-order valence-electron chi connectivity index (χ2n) is 3.25. The molecule has 0 aliphatic heterocycles. The largest absolute Gasteiger partial charge is 0.508 e. The van der Waals surface area contributed by atoms with Crippen LogP contribution in [0.1, 0.15) is 10.4 Å². The minimum Gasteiger partial charge on any atom is -0.508 e. The summed E-state index contributed by atoms with van der Waals surface area (Å²) in [5.41, 5.74) is 1.98. The zero-order valence-electron chi connectivity index (χ0n) is 8.42. The molecule has 0 bridgehead atoms. The van der Waals surface area contributed by atoms with Crippen LogP contribution in [0.3, 0.4) is 0 Å². The molecule has 80 valence electrons. The van der Waals surface area contributed by atoms with Crippen molar-refractivity contribution in [3.8, 4) is 5.75 Å². The van der Waals surface area contributed by atoms with Crippen LogP contribution in [0.2, 0.25) is 0 Å². The number of nitrogens with one attached hydrogen (secondary N) is 1. The molecule has 4 nitrogen and oxygen atoms in total. The van der Waals surface area contributed by atoms with Crippen molar-refractivity contribution in [1.29, 1.82) is 0 Å². The minimum absolute atomic E-state index is 0.205. The zero-order valence-corrected chi connectivity index (χ0v) is 8.42. The van der Waals surface area contributed by atoms with E-state index in [1.165, 1.54) is 6.20 Å². The Balaban J connectivity index is 2.26. The second-order valence-corrected chi connectivity index (χ2v) is 3.25. The maximum atomic E-state index is 10.8. The first-order chi connectivity index (χ1) is 7.79. The maximum Gasteiger partial charge on any atom is 0.153 e. The number of anilines is 2. The van der Waals surface area contributed by atoms with Crippen molar-refractivity contribution in [3.63, 3.8) is 0 Å². The summed E-state index contributed by atoms with van der Waals surface area (Å²) >= 11 is 0. The molecule has 0 aliphatic rings. The monoisotopic (exact) mass is 214 g/mol. The number of hydrogen-bond donors (Lipinski definition) is 2. The fourth-order valence-corrected chi connectivity index (χ4v) is 1.31. The van der Waals surface area contributed by atoms with Gasteiger partial charge in [-0.2, -0.15) is 0 Å². The van der Waals surface area contributed by atoms with Gasteiger partial charge >= 0.3 is 0 Å². The lowest BCUT2D eigenvalue weighted by Gasteiger charge is -2.07. The van der Waals surface area contributed by atoms with Gasteiger partial charge in [-0.25, -0.2) is 0 Å². The van der Waals surface area contributed by atoms with Crippen molar-refractivity contribution in [3.05, 3.63) is 48.3 Å². The van der Waals surface area contributed by atoms with Gasteiger partial charge in [0.2, 0.25) is 0 Å². The molecule has 0 atom stereocenters. The summed E-state index contributed by atoms with van der Waals surface area (Å²) in [6.45, 7) is 0. The van der Waals surface area contributed by atoms with Crippen LogP contribution in [-0.2, 0) is 0 Å². The van der Waals surface area contributed by atoms with Crippen LogP contribution in [-0.4, -0.2) is 16.4 Å². The third-order valence-corrected chi connectivity index (χ3v) is 2.13. The molecule has 1 aromatic carbocycles. The third-order valence-electron chi connectivity index (χ3n) is 2.13. The SMILES string of the molecule is O=Cc1cnccc1Nc1ccc(O)cc1. The lowest BCUT2D eigenvalue weighted by Crippen LogP contribution is -1.95. The van der Waals surface area contributed by atoms with Crippen LogP contribution >= 0.6 is 0 Å². The average molecular weight is 214 g/mol. The molecular weight excluding hydrogens is 204 g/mol. The summed E-state index contributed by atoms with van der Waals surface area (Å²) in [4.78, 5) is 14.6. The highest BCUT2D eigenvalue weighted by molar-refractivity contribution is 5.85. The molecule has 2 N–H and O–H groups in total. The van der Waals surface area contributed by atoms with E-state index in [1.807, 2.05) is 0 Å². The summed E-state index contributed by atoms with van der Waals surface area (Å²) in [5, 5.41) is 12.2. The van der Waals surface area contributed by atoms with Crippen molar-refractivity contribution in [1.82, 2.24) is 4.98 Å². The maximum absolute atomic E-state index is 10.8. The fraction of sp³-hybridized carbons (Fsp3) is 0. The molecular formula is C12H10N2O2. The number of carbonyl (C=O) groups is 1. The molecule has 0 amide bonds. The molecule has 2 rings (SSSR count). The Labute approximate surface area is 92.6 Å². The minimum atomic E-state index is 0.205. The highest BCUT2D eigenvalue weighted by Crippen LogP contribution is 2.20. The lowest BCUT2D eigenvalue weighted by atomic mass is 10.2. The Kier molecular flexibility index (Phi) is 2.82. The second kappa shape index (κ2) is 4.44. The van der Waals surface area contributed by atoms with Gasteiger partial charge in [-0.05, 0) is 30.3 Å².